The average Bonchev–Trinajstić information content (AvgIpc) is 2.41. The summed E-state index contributed by atoms with van der Waals surface area (Å²) in [5.74, 6) is 0. The van der Waals surface area contributed by atoms with Crippen LogP contribution in [0.5, 0.6) is 0 Å². The molecule has 1 aromatic carbocycles. The van der Waals surface area contributed by atoms with Gasteiger partial charge in [-0.05, 0) is 36.4 Å². The van der Waals surface area contributed by atoms with Crippen molar-refractivity contribution in [1.29, 1.82) is 0 Å². The summed E-state index contributed by atoms with van der Waals surface area (Å²) in [4.78, 5) is 0. The standard InChI is InChI=1S/C12H18N4S2/c1-2-8-13-11(17)15-16-12(18)14-9-10-6-4-3-5-7-10/h3-7H,2,8-9H2,1H3,(H2,13,15,17)(H2,14,16,18). The summed E-state index contributed by atoms with van der Waals surface area (Å²) in [5.41, 5.74) is 6.82. The van der Waals surface area contributed by atoms with E-state index in [0.29, 0.717) is 16.8 Å². The van der Waals surface area contributed by atoms with E-state index in [1.807, 2.05) is 30.3 Å². The molecular formula is C12H18N4S2. The van der Waals surface area contributed by atoms with Crippen LogP contribution in [0.15, 0.2) is 30.3 Å². The Labute approximate surface area is 119 Å². The first-order valence-corrected chi connectivity index (χ1v) is 6.65. The van der Waals surface area contributed by atoms with Crippen LogP contribution in [0.4, 0.5) is 0 Å². The second-order valence-corrected chi connectivity index (χ2v) is 4.49. The van der Waals surface area contributed by atoms with Crippen LogP contribution in [0.2, 0.25) is 0 Å². The topological polar surface area (TPSA) is 48.1 Å². The molecule has 0 unspecified atom stereocenters. The first-order valence-electron chi connectivity index (χ1n) is 5.84. The largest absolute Gasteiger partial charge is 0.361 e. The Morgan fingerprint density at radius 3 is 2.22 bits per heavy atom. The lowest BCUT2D eigenvalue weighted by Crippen LogP contribution is -2.50. The molecule has 6 heteroatoms. The van der Waals surface area contributed by atoms with E-state index in [1.54, 1.807) is 0 Å². The summed E-state index contributed by atoms with van der Waals surface area (Å²) in [6.07, 6.45) is 1.03. The Morgan fingerprint density at radius 1 is 1.00 bits per heavy atom. The molecule has 0 heterocycles. The molecule has 0 radical (unpaired) electrons. The Morgan fingerprint density at radius 2 is 1.61 bits per heavy atom. The molecule has 1 rings (SSSR count). The van der Waals surface area contributed by atoms with Crippen molar-refractivity contribution in [2.24, 2.45) is 0 Å². The van der Waals surface area contributed by atoms with Crippen molar-refractivity contribution < 1.29 is 0 Å². The van der Waals surface area contributed by atoms with Crippen LogP contribution in [-0.2, 0) is 6.54 Å². The summed E-state index contributed by atoms with van der Waals surface area (Å²) in [7, 11) is 0. The molecule has 0 saturated carbocycles. The van der Waals surface area contributed by atoms with Gasteiger partial charge < -0.3 is 10.6 Å². The first kappa shape index (κ1) is 14.7. The zero-order valence-electron chi connectivity index (χ0n) is 10.3. The molecule has 4 nitrogen and oxygen atoms in total. The molecule has 0 atom stereocenters. The third-order valence-corrected chi connectivity index (χ3v) is 2.61. The number of nitrogens with one attached hydrogen (secondary N) is 4. The van der Waals surface area contributed by atoms with Gasteiger partial charge in [-0.3, -0.25) is 10.9 Å². The highest BCUT2D eigenvalue weighted by atomic mass is 32.1. The van der Waals surface area contributed by atoms with Crippen molar-refractivity contribution in [3.05, 3.63) is 35.9 Å². The zero-order valence-corrected chi connectivity index (χ0v) is 12.0. The van der Waals surface area contributed by atoms with Crippen molar-refractivity contribution in [3.8, 4) is 0 Å². The molecule has 0 spiro atoms. The van der Waals surface area contributed by atoms with E-state index in [2.05, 4.69) is 28.4 Å². The lowest BCUT2D eigenvalue weighted by molar-refractivity contribution is 0.761. The Kier molecular flexibility index (Phi) is 7.05. The minimum atomic E-state index is 0.513. The van der Waals surface area contributed by atoms with Gasteiger partial charge in [0, 0.05) is 13.1 Å². The van der Waals surface area contributed by atoms with Crippen LogP contribution in [0.3, 0.4) is 0 Å². The molecule has 4 N–H and O–H groups in total. The van der Waals surface area contributed by atoms with Crippen molar-refractivity contribution in [2.75, 3.05) is 6.54 Å². The van der Waals surface area contributed by atoms with E-state index in [9.17, 15) is 0 Å². The fourth-order valence-corrected chi connectivity index (χ4v) is 1.49. The normalized spacial score (nSPS) is 9.39. The fourth-order valence-electron chi connectivity index (χ4n) is 1.22. The predicted octanol–water partition coefficient (Wildman–Crippen LogP) is 1.44. The van der Waals surface area contributed by atoms with Crippen LogP contribution in [-0.4, -0.2) is 16.8 Å². The van der Waals surface area contributed by atoms with E-state index in [0.717, 1.165) is 13.0 Å². The van der Waals surface area contributed by atoms with E-state index in [4.69, 9.17) is 24.4 Å². The van der Waals surface area contributed by atoms with Gasteiger partial charge in [-0.2, -0.15) is 0 Å². The monoisotopic (exact) mass is 282 g/mol. The molecule has 0 aliphatic heterocycles. The highest BCUT2D eigenvalue weighted by molar-refractivity contribution is 7.80. The molecule has 0 amide bonds. The molecule has 98 valence electrons. The van der Waals surface area contributed by atoms with Gasteiger partial charge in [0.05, 0.1) is 0 Å². The van der Waals surface area contributed by atoms with Crippen LogP contribution in [0.1, 0.15) is 18.9 Å². The molecule has 0 fully saturated rings. The van der Waals surface area contributed by atoms with Gasteiger partial charge >= 0.3 is 0 Å². The van der Waals surface area contributed by atoms with Gasteiger partial charge in [0.25, 0.3) is 0 Å². The number of hydrazine groups is 1. The number of thiocarbonyl (C=S) groups is 2. The molecule has 0 aliphatic rings. The van der Waals surface area contributed by atoms with E-state index < -0.39 is 0 Å². The summed E-state index contributed by atoms with van der Waals surface area (Å²) in [5, 5.41) is 7.17. The fraction of sp³-hybridized carbons (Fsp3) is 0.333. The quantitative estimate of drug-likeness (QED) is 0.495. The Hall–Kier alpha value is -1.40. The molecule has 0 saturated heterocycles. The van der Waals surface area contributed by atoms with Gasteiger partial charge in [0.15, 0.2) is 10.2 Å². The van der Waals surface area contributed by atoms with E-state index in [-0.39, 0.29) is 0 Å². The maximum absolute atomic E-state index is 5.11. The second kappa shape index (κ2) is 8.66. The van der Waals surface area contributed by atoms with Gasteiger partial charge in [-0.1, -0.05) is 37.3 Å². The summed E-state index contributed by atoms with van der Waals surface area (Å²) >= 11 is 10.2. The SMILES string of the molecule is CCCNC(=S)NNC(=S)NCc1ccccc1. The molecule has 0 aliphatic carbocycles. The molecule has 0 bridgehead atoms. The van der Waals surface area contributed by atoms with Crippen LogP contribution in [0, 0.1) is 0 Å². The first-order chi connectivity index (χ1) is 8.72. The smallest absolute Gasteiger partial charge is 0.185 e. The highest BCUT2D eigenvalue weighted by Gasteiger charge is 1.97. The van der Waals surface area contributed by atoms with Crippen molar-refractivity contribution in [3.63, 3.8) is 0 Å². The number of hydrogen-bond acceptors (Lipinski definition) is 2. The van der Waals surface area contributed by atoms with E-state index >= 15 is 0 Å². The van der Waals surface area contributed by atoms with Crippen molar-refractivity contribution in [1.82, 2.24) is 21.5 Å². The third kappa shape index (κ3) is 6.36. The number of benzene rings is 1. The summed E-state index contributed by atoms with van der Waals surface area (Å²) in [6, 6.07) is 10.1. The van der Waals surface area contributed by atoms with Crippen LogP contribution >= 0.6 is 24.4 Å². The number of hydrogen-bond donors (Lipinski definition) is 4. The Bertz CT molecular complexity index is 381. The minimum Gasteiger partial charge on any atom is -0.361 e. The minimum absolute atomic E-state index is 0.513. The maximum Gasteiger partial charge on any atom is 0.185 e. The van der Waals surface area contributed by atoms with Gasteiger partial charge in [-0.25, -0.2) is 0 Å². The third-order valence-electron chi connectivity index (χ3n) is 2.12. The van der Waals surface area contributed by atoms with E-state index in [1.165, 1.54) is 5.56 Å². The number of rotatable bonds is 4. The highest BCUT2D eigenvalue weighted by Crippen LogP contribution is 1.96. The molecular weight excluding hydrogens is 264 g/mol. The second-order valence-electron chi connectivity index (χ2n) is 3.67. The van der Waals surface area contributed by atoms with Crippen molar-refractivity contribution >= 4 is 34.7 Å². The van der Waals surface area contributed by atoms with Gasteiger partial charge in [-0.15, -0.1) is 0 Å². The van der Waals surface area contributed by atoms with Crippen LogP contribution in [0.25, 0.3) is 0 Å². The van der Waals surface area contributed by atoms with Gasteiger partial charge in [0.2, 0.25) is 0 Å². The zero-order chi connectivity index (χ0) is 13.2. The average molecular weight is 282 g/mol. The summed E-state index contributed by atoms with van der Waals surface area (Å²) in [6.45, 7) is 3.61. The lowest BCUT2D eigenvalue weighted by Gasteiger charge is -2.13. The van der Waals surface area contributed by atoms with Gasteiger partial charge in [0.1, 0.15) is 0 Å². The van der Waals surface area contributed by atoms with Crippen LogP contribution < -0.4 is 21.5 Å². The lowest BCUT2D eigenvalue weighted by atomic mass is 10.2. The Balaban J connectivity index is 2.16. The molecule has 0 aromatic heterocycles. The van der Waals surface area contributed by atoms with Crippen molar-refractivity contribution in [2.45, 2.75) is 19.9 Å². The molecule has 18 heavy (non-hydrogen) atoms. The maximum atomic E-state index is 5.11. The molecule has 1 aromatic rings. The predicted molar refractivity (Wildman–Crippen MR) is 83.0 cm³/mol. The summed E-state index contributed by atoms with van der Waals surface area (Å²) < 4.78 is 0.